The highest BCUT2D eigenvalue weighted by atomic mass is 79.9. The van der Waals surface area contributed by atoms with Crippen LogP contribution in [-0.2, 0) is 12.8 Å². The predicted molar refractivity (Wildman–Crippen MR) is 89.6 cm³/mol. The summed E-state index contributed by atoms with van der Waals surface area (Å²) < 4.78 is 7.00. The number of para-hydroxylation sites is 1. The van der Waals surface area contributed by atoms with Gasteiger partial charge in [-0.3, -0.25) is 0 Å². The van der Waals surface area contributed by atoms with Crippen molar-refractivity contribution < 1.29 is 4.74 Å². The van der Waals surface area contributed by atoms with E-state index in [1.165, 1.54) is 10.4 Å². The van der Waals surface area contributed by atoms with Crippen LogP contribution in [-0.4, -0.2) is 12.6 Å². The molecule has 4 heteroatoms. The van der Waals surface area contributed by atoms with Gasteiger partial charge in [-0.25, -0.2) is 0 Å². The van der Waals surface area contributed by atoms with E-state index in [9.17, 15) is 0 Å². The second-order valence-electron chi connectivity index (χ2n) is 4.78. The van der Waals surface area contributed by atoms with Crippen molar-refractivity contribution in [1.82, 2.24) is 0 Å². The molecule has 2 nitrogen and oxygen atoms in total. The number of hydrogen-bond acceptors (Lipinski definition) is 3. The van der Waals surface area contributed by atoms with Crippen LogP contribution in [0.1, 0.15) is 23.8 Å². The van der Waals surface area contributed by atoms with Gasteiger partial charge in [-0.15, -0.1) is 11.3 Å². The largest absolute Gasteiger partial charge is 0.492 e. The zero-order valence-corrected chi connectivity index (χ0v) is 14.0. The molecule has 0 saturated carbocycles. The maximum absolute atomic E-state index is 6.06. The van der Waals surface area contributed by atoms with Gasteiger partial charge in [0.25, 0.3) is 0 Å². The van der Waals surface area contributed by atoms with E-state index in [4.69, 9.17) is 10.5 Å². The van der Waals surface area contributed by atoms with E-state index in [0.717, 1.165) is 29.5 Å². The summed E-state index contributed by atoms with van der Waals surface area (Å²) in [5, 5.41) is 2.10. The monoisotopic (exact) mass is 353 g/mol. The normalized spacial score (nSPS) is 12.3. The SMILES string of the molecule is CCC(N)Cc1cccc(Br)c1OCCc1cccs1. The van der Waals surface area contributed by atoms with Gasteiger partial charge in [0.2, 0.25) is 0 Å². The van der Waals surface area contributed by atoms with Gasteiger partial charge in [-0.2, -0.15) is 0 Å². The van der Waals surface area contributed by atoms with Gasteiger partial charge in [0, 0.05) is 17.3 Å². The van der Waals surface area contributed by atoms with Gasteiger partial charge >= 0.3 is 0 Å². The number of hydrogen-bond donors (Lipinski definition) is 1. The quantitative estimate of drug-likeness (QED) is 0.799. The number of rotatable bonds is 7. The number of nitrogens with two attached hydrogens (primary N) is 1. The van der Waals surface area contributed by atoms with Crippen molar-refractivity contribution >= 4 is 27.3 Å². The second kappa shape index (κ2) is 7.81. The first-order valence-corrected chi connectivity index (χ1v) is 8.56. The Morgan fingerprint density at radius 2 is 2.15 bits per heavy atom. The number of ether oxygens (including phenoxy) is 1. The molecule has 0 saturated heterocycles. The molecular formula is C16H20BrNOS. The van der Waals surface area contributed by atoms with Crippen LogP contribution in [0.2, 0.25) is 0 Å². The summed E-state index contributed by atoms with van der Waals surface area (Å²) in [5.74, 6) is 0.938. The maximum Gasteiger partial charge on any atom is 0.136 e. The molecule has 1 aromatic heterocycles. The second-order valence-corrected chi connectivity index (χ2v) is 6.66. The minimum atomic E-state index is 0.184. The van der Waals surface area contributed by atoms with E-state index in [1.54, 1.807) is 11.3 Å². The Labute approximate surface area is 133 Å². The number of thiophene rings is 1. The summed E-state index contributed by atoms with van der Waals surface area (Å²) >= 11 is 5.34. The van der Waals surface area contributed by atoms with E-state index >= 15 is 0 Å². The van der Waals surface area contributed by atoms with E-state index in [-0.39, 0.29) is 6.04 Å². The molecule has 108 valence electrons. The molecule has 2 rings (SSSR count). The van der Waals surface area contributed by atoms with Crippen LogP contribution in [0, 0.1) is 0 Å². The first-order valence-electron chi connectivity index (χ1n) is 6.89. The third-order valence-corrected chi connectivity index (χ3v) is 4.79. The molecule has 20 heavy (non-hydrogen) atoms. The molecule has 1 unspecified atom stereocenters. The topological polar surface area (TPSA) is 35.2 Å². The summed E-state index contributed by atoms with van der Waals surface area (Å²) in [6, 6.07) is 10.5. The highest BCUT2D eigenvalue weighted by molar-refractivity contribution is 9.10. The predicted octanol–water partition coefficient (Wildman–Crippen LogP) is 4.41. The van der Waals surface area contributed by atoms with Crippen molar-refractivity contribution in [2.45, 2.75) is 32.2 Å². The minimum Gasteiger partial charge on any atom is -0.492 e. The molecule has 0 aliphatic heterocycles. The van der Waals surface area contributed by atoms with Gasteiger partial charge in [0.05, 0.1) is 11.1 Å². The molecule has 0 aliphatic rings. The van der Waals surface area contributed by atoms with Gasteiger partial charge in [0.1, 0.15) is 5.75 Å². The van der Waals surface area contributed by atoms with Crippen LogP contribution in [0.4, 0.5) is 0 Å². The molecule has 0 fully saturated rings. The molecule has 0 spiro atoms. The Bertz CT molecular complexity index is 527. The van der Waals surface area contributed by atoms with Crippen molar-refractivity contribution in [3.05, 3.63) is 50.6 Å². The Morgan fingerprint density at radius 1 is 1.30 bits per heavy atom. The Hall–Kier alpha value is -0.840. The fourth-order valence-corrected chi connectivity index (χ4v) is 3.22. The van der Waals surface area contributed by atoms with Crippen molar-refractivity contribution in [3.8, 4) is 5.75 Å². The molecule has 2 N–H and O–H groups in total. The molecular weight excluding hydrogens is 334 g/mol. The lowest BCUT2D eigenvalue weighted by molar-refractivity contribution is 0.316. The standard InChI is InChI=1S/C16H20BrNOS/c1-2-13(18)11-12-5-3-7-15(17)16(12)19-9-8-14-6-4-10-20-14/h3-7,10,13H,2,8-9,11,18H2,1H3. The van der Waals surface area contributed by atoms with Crippen LogP contribution >= 0.6 is 27.3 Å². The molecule has 0 bridgehead atoms. The smallest absolute Gasteiger partial charge is 0.136 e. The lowest BCUT2D eigenvalue weighted by Crippen LogP contribution is -2.21. The third-order valence-electron chi connectivity index (χ3n) is 3.23. The fraction of sp³-hybridized carbons (Fsp3) is 0.375. The zero-order chi connectivity index (χ0) is 14.4. The molecule has 1 heterocycles. The molecule has 1 aromatic carbocycles. The van der Waals surface area contributed by atoms with E-state index in [0.29, 0.717) is 6.61 Å². The first-order chi connectivity index (χ1) is 9.70. The van der Waals surface area contributed by atoms with Gasteiger partial charge in [-0.05, 0) is 51.8 Å². The lowest BCUT2D eigenvalue weighted by atomic mass is 10.0. The fourth-order valence-electron chi connectivity index (χ4n) is 2.01. The average molecular weight is 354 g/mol. The number of benzene rings is 1. The van der Waals surface area contributed by atoms with Crippen LogP contribution < -0.4 is 10.5 Å². The molecule has 0 amide bonds. The van der Waals surface area contributed by atoms with Crippen LogP contribution in [0.25, 0.3) is 0 Å². The minimum absolute atomic E-state index is 0.184. The number of halogens is 1. The van der Waals surface area contributed by atoms with Gasteiger partial charge < -0.3 is 10.5 Å². The molecule has 0 aliphatic carbocycles. The zero-order valence-electron chi connectivity index (χ0n) is 11.6. The summed E-state index contributed by atoms with van der Waals surface area (Å²) in [4.78, 5) is 1.35. The van der Waals surface area contributed by atoms with Crippen LogP contribution in [0.3, 0.4) is 0 Å². The van der Waals surface area contributed by atoms with E-state index in [2.05, 4.69) is 46.4 Å². The lowest BCUT2D eigenvalue weighted by Gasteiger charge is -2.15. The first kappa shape index (κ1) is 15.5. The maximum atomic E-state index is 6.06. The van der Waals surface area contributed by atoms with E-state index in [1.807, 2.05) is 12.1 Å². The van der Waals surface area contributed by atoms with Crippen LogP contribution in [0.5, 0.6) is 5.75 Å². The Balaban J connectivity index is 2.01. The van der Waals surface area contributed by atoms with Crippen LogP contribution in [0.15, 0.2) is 40.2 Å². The molecule has 2 aromatic rings. The highest BCUT2D eigenvalue weighted by Gasteiger charge is 2.11. The highest BCUT2D eigenvalue weighted by Crippen LogP contribution is 2.30. The summed E-state index contributed by atoms with van der Waals surface area (Å²) in [6.07, 6.45) is 2.77. The van der Waals surface area contributed by atoms with Gasteiger partial charge in [0.15, 0.2) is 0 Å². The van der Waals surface area contributed by atoms with Crippen molar-refractivity contribution in [1.29, 1.82) is 0 Å². The van der Waals surface area contributed by atoms with E-state index < -0.39 is 0 Å². The van der Waals surface area contributed by atoms with Crippen molar-refractivity contribution in [3.63, 3.8) is 0 Å². The van der Waals surface area contributed by atoms with Gasteiger partial charge in [-0.1, -0.05) is 25.1 Å². The summed E-state index contributed by atoms with van der Waals surface area (Å²) in [5.41, 5.74) is 7.24. The van der Waals surface area contributed by atoms with Crippen molar-refractivity contribution in [2.75, 3.05) is 6.61 Å². The molecule has 1 atom stereocenters. The Kier molecular flexibility index (Phi) is 6.07. The van der Waals surface area contributed by atoms with Crippen molar-refractivity contribution in [2.24, 2.45) is 5.73 Å². The summed E-state index contributed by atoms with van der Waals surface area (Å²) in [7, 11) is 0. The third kappa shape index (κ3) is 4.33. The molecule has 0 radical (unpaired) electrons. The Morgan fingerprint density at radius 3 is 2.85 bits per heavy atom. The summed E-state index contributed by atoms with van der Waals surface area (Å²) in [6.45, 7) is 2.80. The average Bonchev–Trinajstić information content (AvgIpc) is 2.95.